The van der Waals surface area contributed by atoms with E-state index in [9.17, 15) is 19.2 Å². The summed E-state index contributed by atoms with van der Waals surface area (Å²) in [5.74, 6) is -1.92. The summed E-state index contributed by atoms with van der Waals surface area (Å²) in [5, 5.41) is 2.84. The molecule has 2 aliphatic carbocycles. The van der Waals surface area contributed by atoms with Gasteiger partial charge in [0.25, 0.3) is 5.91 Å². The van der Waals surface area contributed by atoms with E-state index in [1.165, 1.54) is 0 Å². The maximum absolute atomic E-state index is 12.9. The Kier molecular flexibility index (Phi) is 6.01. The van der Waals surface area contributed by atoms with Crippen LogP contribution in [0.4, 0.5) is 0 Å². The molecule has 6 nitrogen and oxygen atoms in total. The summed E-state index contributed by atoms with van der Waals surface area (Å²) in [5.41, 5.74) is 4.28. The van der Waals surface area contributed by atoms with Crippen LogP contribution >= 0.6 is 0 Å². The monoisotopic (exact) mass is 350 g/mol. The molecule has 0 aliphatic heterocycles. The summed E-state index contributed by atoms with van der Waals surface area (Å²) in [7, 11) is 0. The van der Waals surface area contributed by atoms with Crippen LogP contribution in [-0.4, -0.2) is 29.4 Å². The molecule has 0 heterocycles. The average molecular weight is 350 g/mol. The minimum Gasteiger partial charge on any atom is -0.363 e. The SMILES string of the molecule is CCC(=O)N[C@@H](CC1(C)CCCC1)C(=O)CC1(C(=O)C(N)=O)CCC1. The second kappa shape index (κ2) is 7.67. The number of rotatable bonds is 9. The van der Waals surface area contributed by atoms with Crippen LogP contribution in [-0.2, 0) is 19.2 Å². The molecule has 0 aromatic heterocycles. The van der Waals surface area contributed by atoms with E-state index in [1.807, 2.05) is 0 Å². The Hall–Kier alpha value is -1.72. The summed E-state index contributed by atoms with van der Waals surface area (Å²) in [6, 6.07) is -0.589. The number of hydrogen-bond acceptors (Lipinski definition) is 4. The topological polar surface area (TPSA) is 106 Å². The Morgan fingerprint density at radius 2 is 1.64 bits per heavy atom. The second-order valence-corrected chi connectivity index (χ2v) is 8.17. The number of carbonyl (C=O) groups is 4. The maximum atomic E-state index is 12.9. The quantitative estimate of drug-likeness (QED) is 0.621. The van der Waals surface area contributed by atoms with Crippen LogP contribution < -0.4 is 11.1 Å². The zero-order valence-corrected chi connectivity index (χ0v) is 15.4. The highest BCUT2D eigenvalue weighted by molar-refractivity contribution is 6.38. The van der Waals surface area contributed by atoms with Gasteiger partial charge in [-0.05, 0) is 37.5 Å². The lowest BCUT2D eigenvalue weighted by Crippen LogP contribution is -2.50. The highest BCUT2D eigenvalue weighted by Gasteiger charge is 2.48. The molecular weight excluding hydrogens is 320 g/mol. The van der Waals surface area contributed by atoms with Crippen LogP contribution in [0, 0.1) is 10.8 Å². The van der Waals surface area contributed by atoms with Crippen molar-refractivity contribution in [2.45, 2.75) is 84.1 Å². The molecule has 2 aliphatic rings. The Morgan fingerprint density at radius 3 is 2.08 bits per heavy atom. The first-order valence-corrected chi connectivity index (χ1v) is 9.38. The summed E-state index contributed by atoms with van der Waals surface area (Å²) in [4.78, 5) is 48.3. The van der Waals surface area contributed by atoms with E-state index in [0.29, 0.717) is 25.7 Å². The van der Waals surface area contributed by atoms with E-state index in [1.54, 1.807) is 6.92 Å². The fourth-order valence-corrected chi connectivity index (χ4v) is 4.27. The van der Waals surface area contributed by atoms with E-state index in [4.69, 9.17) is 5.73 Å². The number of amides is 2. The highest BCUT2D eigenvalue weighted by Crippen LogP contribution is 2.46. The van der Waals surface area contributed by atoms with Gasteiger partial charge in [0.15, 0.2) is 5.78 Å². The van der Waals surface area contributed by atoms with E-state index in [2.05, 4.69) is 12.2 Å². The average Bonchev–Trinajstić information content (AvgIpc) is 2.95. The number of primary amides is 1. The number of carbonyl (C=O) groups excluding carboxylic acids is 4. The molecule has 0 radical (unpaired) electrons. The lowest BCUT2D eigenvalue weighted by Gasteiger charge is -2.40. The van der Waals surface area contributed by atoms with Crippen molar-refractivity contribution in [3.05, 3.63) is 0 Å². The fraction of sp³-hybridized carbons (Fsp3) is 0.789. The third-order valence-corrected chi connectivity index (χ3v) is 6.08. The molecule has 140 valence electrons. The van der Waals surface area contributed by atoms with Crippen LogP contribution in [0.5, 0.6) is 0 Å². The number of Topliss-reactive ketones (excluding diaryl/α,β-unsaturated/α-hetero) is 2. The second-order valence-electron chi connectivity index (χ2n) is 8.17. The molecule has 25 heavy (non-hydrogen) atoms. The van der Waals surface area contributed by atoms with Gasteiger partial charge in [-0.15, -0.1) is 0 Å². The minimum absolute atomic E-state index is 0.000482. The van der Waals surface area contributed by atoms with Crippen molar-refractivity contribution in [1.29, 1.82) is 0 Å². The van der Waals surface area contributed by atoms with Gasteiger partial charge in [0.2, 0.25) is 11.7 Å². The molecule has 6 heteroatoms. The lowest BCUT2D eigenvalue weighted by molar-refractivity contribution is -0.148. The molecule has 2 rings (SSSR count). The first-order valence-electron chi connectivity index (χ1n) is 9.38. The molecule has 0 saturated heterocycles. The molecule has 0 aromatic rings. The van der Waals surface area contributed by atoms with E-state index in [0.717, 1.165) is 32.1 Å². The van der Waals surface area contributed by atoms with Crippen molar-refractivity contribution >= 4 is 23.4 Å². The molecule has 2 amide bonds. The molecule has 0 aromatic carbocycles. The molecular formula is C19H30N2O4. The largest absolute Gasteiger partial charge is 0.363 e. The minimum atomic E-state index is -0.968. The van der Waals surface area contributed by atoms with Gasteiger partial charge in [0.1, 0.15) is 0 Å². The zero-order chi connectivity index (χ0) is 18.7. The van der Waals surface area contributed by atoms with Gasteiger partial charge in [0.05, 0.1) is 6.04 Å². The Bertz CT molecular complexity index is 560. The van der Waals surface area contributed by atoms with Crippen molar-refractivity contribution in [2.24, 2.45) is 16.6 Å². The van der Waals surface area contributed by atoms with Gasteiger partial charge < -0.3 is 11.1 Å². The summed E-state index contributed by atoms with van der Waals surface area (Å²) < 4.78 is 0. The van der Waals surface area contributed by atoms with Crippen molar-refractivity contribution in [3.63, 3.8) is 0 Å². The van der Waals surface area contributed by atoms with Crippen LogP contribution in [0.25, 0.3) is 0 Å². The van der Waals surface area contributed by atoms with E-state index >= 15 is 0 Å². The van der Waals surface area contributed by atoms with Crippen LogP contribution in [0.2, 0.25) is 0 Å². The third-order valence-electron chi connectivity index (χ3n) is 6.08. The smallest absolute Gasteiger partial charge is 0.285 e. The van der Waals surface area contributed by atoms with Gasteiger partial charge in [-0.1, -0.05) is 33.1 Å². The van der Waals surface area contributed by atoms with Crippen molar-refractivity contribution in [3.8, 4) is 0 Å². The number of ketones is 2. The van der Waals surface area contributed by atoms with E-state index in [-0.39, 0.29) is 23.5 Å². The first-order chi connectivity index (χ1) is 11.7. The molecule has 0 spiro atoms. The molecule has 3 N–H and O–H groups in total. The van der Waals surface area contributed by atoms with Crippen LogP contribution in [0.15, 0.2) is 0 Å². The van der Waals surface area contributed by atoms with Gasteiger partial charge in [-0.25, -0.2) is 0 Å². The Balaban J connectivity index is 2.12. The molecule has 2 saturated carbocycles. The highest BCUT2D eigenvalue weighted by atomic mass is 16.2. The summed E-state index contributed by atoms with van der Waals surface area (Å²) in [6.45, 7) is 3.91. The number of hydrogen-bond donors (Lipinski definition) is 2. The lowest BCUT2D eigenvalue weighted by atomic mass is 9.62. The zero-order valence-electron chi connectivity index (χ0n) is 15.4. The normalized spacial score (nSPS) is 21.8. The van der Waals surface area contributed by atoms with Gasteiger partial charge >= 0.3 is 0 Å². The summed E-state index contributed by atoms with van der Waals surface area (Å²) >= 11 is 0. The third kappa shape index (κ3) is 4.47. The van der Waals surface area contributed by atoms with Crippen LogP contribution in [0.1, 0.15) is 78.1 Å². The fourth-order valence-electron chi connectivity index (χ4n) is 4.27. The standard InChI is InChI=1S/C19H30N2O4/c1-3-15(23)21-13(11-18(2)7-4-5-8-18)14(22)12-19(9-6-10-19)16(24)17(20)25/h13H,3-12H2,1-2H3,(H2,20,25)(H,21,23)/t13-/m0/s1. The van der Waals surface area contributed by atoms with Gasteiger partial charge in [-0.3, -0.25) is 19.2 Å². The molecule has 0 bridgehead atoms. The van der Waals surface area contributed by atoms with E-state index < -0.39 is 23.1 Å². The molecule has 1 atom stereocenters. The number of nitrogens with two attached hydrogens (primary N) is 1. The Labute approximate surface area is 149 Å². The molecule has 2 fully saturated rings. The van der Waals surface area contributed by atoms with Crippen LogP contribution in [0.3, 0.4) is 0 Å². The van der Waals surface area contributed by atoms with Gasteiger partial charge in [0, 0.05) is 18.3 Å². The first kappa shape index (κ1) is 19.6. The predicted octanol–water partition coefficient (Wildman–Crippen LogP) is 2.04. The van der Waals surface area contributed by atoms with Gasteiger partial charge in [-0.2, -0.15) is 0 Å². The predicted molar refractivity (Wildman–Crippen MR) is 93.5 cm³/mol. The Morgan fingerprint density at radius 1 is 1.04 bits per heavy atom. The maximum Gasteiger partial charge on any atom is 0.285 e. The van der Waals surface area contributed by atoms with Crippen molar-refractivity contribution in [2.75, 3.05) is 0 Å². The van der Waals surface area contributed by atoms with Crippen molar-refractivity contribution in [1.82, 2.24) is 5.32 Å². The molecule has 0 unspecified atom stereocenters. The summed E-state index contributed by atoms with van der Waals surface area (Å²) in [6.07, 6.45) is 7.14. The number of nitrogens with one attached hydrogen (secondary N) is 1. The van der Waals surface area contributed by atoms with Crippen molar-refractivity contribution < 1.29 is 19.2 Å².